The molecule has 0 radical (unpaired) electrons. The van der Waals surface area contributed by atoms with Gasteiger partial charge in [-0.1, -0.05) is 41.9 Å². The van der Waals surface area contributed by atoms with E-state index in [4.69, 9.17) is 17.3 Å². The third kappa shape index (κ3) is 3.17. The number of amides is 1. The summed E-state index contributed by atoms with van der Waals surface area (Å²) < 4.78 is 2.16. The van der Waals surface area contributed by atoms with Gasteiger partial charge in [0.1, 0.15) is 0 Å². The van der Waals surface area contributed by atoms with Gasteiger partial charge >= 0.3 is 0 Å². The van der Waals surface area contributed by atoms with Gasteiger partial charge in [-0.25, -0.2) is 0 Å². The molecule has 0 bridgehead atoms. The van der Waals surface area contributed by atoms with Crippen molar-refractivity contribution in [2.45, 2.75) is 19.3 Å². The average Bonchev–Trinajstić information content (AvgIpc) is 3.08. The fraction of sp³-hybridized carbons (Fsp3) is 0.286. The molecule has 0 spiro atoms. The van der Waals surface area contributed by atoms with E-state index in [9.17, 15) is 4.79 Å². The molecule has 134 valence electrons. The zero-order valence-electron chi connectivity index (χ0n) is 14.6. The first-order valence-electron chi connectivity index (χ1n) is 9.02. The highest BCUT2D eigenvalue weighted by Gasteiger charge is 2.21. The monoisotopic (exact) mass is 367 g/mol. The molecule has 26 heavy (non-hydrogen) atoms. The van der Waals surface area contributed by atoms with Crippen molar-refractivity contribution in [3.8, 4) is 0 Å². The maximum Gasteiger partial charge on any atom is 0.250 e. The molecule has 5 heteroatoms. The Morgan fingerprint density at radius 2 is 1.81 bits per heavy atom. The molecular weight excluding hydrogens is 346 g/mol. The minimum absolute atomic E-state index is 0.374. The third-order valence-electron chi connectivity index (χ3n) is 5.31. The van der Waals surface area contributed by atoms with E-state index in [1.165, 1.54) is 18.4 Å². The lowest BCUT2D eigenvalue weighted by molar-refractivity contribution is 0.100. The van der Waals surface area contributed by atoms with Crippen LogP contribution in [0.4, 0.5) is 0 Å². The number of halogens is 1. The fourth-order valence-corrected chi connectivity index (χ4v) is 4.21. The Labute approximate surface area is 158 Å². The van der Waals surface area contributed by atoms with Gasteiger partial charge in [0.05, 0.1) is 16.1 Å². The minimum atomic E-state index is -0.494. The van der Waals surface area contributed by atoms with E-state index in [0.29, 0.717) is 10.6 Å². The van der Waals surface area contributed by atoms with Gasteiger partial charge in [-0.05, 0) is 48.9 Å². The van der Waals surface area contributed by atoms with E-state index in [0.717, 1.165) is 36.3 Å². The summed E-state index contributed by atoms with van der Waals surface area (Å²) >= 11 is 6.37. The maximum atomic E-state index is 11.5. The van der Waals surface area contributed by atoms with Gasteiger partial charge < -0.3 is 10.7 Å². The van der Waals surface area contributed by atoms with Crippen LogP contribution in [0.15, 0.2) is 54.7 Å². The van der Waals surface area contributed by atoms with Crippen molar-refractivity contribution in [3.05, 3.63) is 70.9 Å². The quantitative estimate of drug-likeness (QED) is 0.758. The van der Waals surface area contributed by atoms with Crippen LogP contribution in [-0.2, 0) is 6.42 Å². The van der Waals surface area contributed by atoms with Crippen molar-refractivity contribution in [1.29, 1.82) is 0 Å². The van der Waals surface area contributed by atoms with Crippen LogP contribution in [-0.4, -0.2) is 23.7 Å². The van der Waals surface area contributed by atoms with Crippen LogP contribution < -0.4 is 10.7 Å². The second kappa shape index (κ2) is 7.04. The second-order valence-electron chi connectivity index (χ2n) is 6.97. The molecule has 2 heterocycles. The molecule has 1 amide bonds. The van der Waals surface area contributed by atoms with Crippen LogP contribution in [0.3, 0.4) is 0 Å². The number of hydrogen-bond acceptors (Lipinski definition) is 2. The van der Waals surface area contributed by atoms with Crippen LogP contribution in [0.2, 0.25) is 5.02 Å². The lowest BCUT2D eigenvalue weighted by Crippen LogP contribution is -2.41. The Balaban J connectivity index is 1.49. The summed E-state index contributed by atoms with van der Waals surface area (Å²) in [6.45, 7) is 2.02. The van der Waals surface area contributed by atoms with Gasteiger partial charge in [-0.15, -0.1) is 0 Å². The zero-order chi connectivity index (χ0) is 18.1. The number of hydrogen-bond donors (Lipinski definition) is 1. The van der Waals surface area contributed by atoms with E-state index in [1.54, 1.807) is 6.07 Å². The number of fused-ring (bicyclic) bond motifs is 1. The summed E-state index contributed by atoms with van der Waals surface area (Å²) in [5, 5.41) is 3.66. The second-order valence-corrected chi connectivity index (χ2v) is 7.35. The fourth-order valence-electron chi connectivity index (χ4n) is 3.89. The Bertz CT molecular complexity index is 927. The number of aromatic nitrogens is 1. The zero-order valence-corrected chi connectivity index (χ0v) is 15.3. The molecule has 1 aliphatic heterocycles. The molecule has 4 nitrogen and oxygen atoms in total. The van der Waals surface area contributed by atoms with E-state index >= 15 is 0 Å². The number of nitrogens with two attached hydrogens (primary N) is 1. The molecule has 1 fully saturated rings. The van der Waals surface area contributed by atoms with Crippen molar-refractivity contribution in [3.63, 3.8) is 0 Å². The molecule has 4 rings (SSSR count). The first-order valence-corrected chi connectivity index (χ1v) is 9.40. The number of carbonyl (C=O) groups excluding carboxylic acids is 1. The van der Waals surface area contributed by atoms with Gasteiger partial charge in [0.2, 0.25) is 5.91 Å². The van der Waals surface area contributed by atoms with E-state index in [1.807, 2.05) is 18.3 Å². The smallest absolute Gasteiger partial charge is 0.250 e. The van der Waals surface area contributed by atoms with Crippen LogP contribution >= 0.6 is 11.6 Å². The lowest BCUT2D eigenvalue weighted by Gasteiger charge is -2.35. The predicted octanol–water partition coefficient (Wildman–Crippen LogP) is 3.98. The predicted molar refractivity (Wildman–Crippen MR) is 106 cm³/mol. The molecule has 2 aromatic carbocycles. The molecule has 2 N–H and O–H groups in total. The Morgan fingerprint density at radius 1 is 1.08 bits per heavy atom. The molecule has 0 saturated carbocycles. The summed E-state index contributed by atoms with van der Waals surface area (Å²) in [4.78, 5) is 11.5. The van der Waals surface area contributed by atoms with Crippen LogP contribution in [0.1, 0.15) is 28.8 Å². The Morgan fingerprint density at radius 3 is 2.50 bits per heavy atom. The van der Waals surface area contributed by atoms with Crippen molar-refractivity contribution < 1.29 is 4.79 Å². The number of rotatable bonds is 4. The number of piperidine rings is 1. The molecule has 1 aromatic heterocycles. The molecule has 3 aromatic rings. The van der Waals surface area contributed by atoms with Crippen molar-refractivity contribution in [2.24, 2.45) is 11.7 Å². The highest BCUT2D eigenvalue weighted by atomic mass is 35.5. The van der Waals surface area contributed by atoms with Crippen molar-refractivity contribution in [1.82, 2.24) is 4.68 Å². The summed E-state index contributed by atoms with van der Waals surface area (Å²) in [7, 11) is 0. The topological polar surface area (TPSA) is 51.3 Å². The number of primary amides is 1. The van der Waals surface area contributed by atoms with E-state index in [-0.39, 0.29) is 0 Å². The number of nitrogens with zero attached hydrogens (tertiary/aromatic N) is 2. The number of carbonyl (C=O) groups is 1. The summed E-state index contributed by atoms with van der Waals surface area (Å²) in [5.74, 6) is 0.229. The minimum Gasteiger partial charge on any atom is -0.366 e. The molecule has 0 aliphatic carbocycles. The molecule has 0 atom stereocenters. The Kier molecular flexibility index (Phi) is 4.60. The van der Waals surface area contributed by atoms with Gasteiger partial charge in [0.15, 0.2) is 0 Å². The number of benzene rings is 2. The average molecular weight is 368 g/mol. The lowest BCUT2D eigenvalue weighted by atomic mass is 9.91. The van der Waals surface area contributed by atoms with Crippen LogP contribution in [0.5, 0.6) is 0 Å². The Hall–Kier alpha value is -2.46. The first-order chi connectivity index (χ1) is 12.6. The van der Waals surface area contributed by atoms with E-state index in [2.05, 4.69) is 40.0 Å². The summed E-state index contributed by atoms with van der Waals surface area (Å²) in [6.07, 6.45) is 5.51. The molecule has 1 saturated heterocycles. The van der Waals surface area contributed by atoms with Crippen LogP contribution in [0, 0.1) is 5.92 Å². The van der Waals surface area contributed by atoms with Crippen molar-refractivity contribution in [2.75, 3.05) is 18.1 Å². The SMILES string of the molecule is NC(=O)c1ccc2c(ccn2N2CCC(Cc3ccccc3)CC2)c1Cl. The maximum absolute atomic E-state index is 11.5. The van der Waals surface area contributed by atoms with Gasteiger partial charge in [-0.3, -0.25) is 9.47 Å². The summed E-state index contributed by atoms with van der Waals surface area (Å²) in [6, 6.07) is 16.3. The molecule has 0 unspecified atom stereocenters. The standard InChI is InChI=1S/C21H22ClN3O/c22-20-17-10-13-25(19(17)7-6-18(20)21(23)26)24-11-8-16(9-12-24)14-15-4-2-1-3-5-15/h1-7,10,13,16H,8-9,11-12,14H2,(H2,23,26). The first kappa shape index (κ1) is 17.0. The highest BCUT2D eigenvalue weighted by molar-refractivity contribution is 6.38. The van der Waals surface area contributed by atoms with E-state index < -0.39 is 5.91 Å². The normalized spacial score (nSPS) is 15.5. The highest BCUT2D eigenvalue weighted by Crippen LogP contribution is 2.29. The molecular formula is C21H22ClN3O. The van der Waals surface area contributed by atoms with Gasteiger partial charge in [0.25, 0.3) is 0 Å². The van der Waals surface area contributed by atoms with Gasteiger partial charge in [0, 0.05) is 24.7 Å². The van der Waals surface area contributed by atoms with Gasteiger partial charge in [-0.2, -0.15) is 0 Å². The van der Waals surface area contributed by atoms with Crippen molar-refractivity contribution >= 4 is 28.4 Å². The molecule has 1 aliphatic rings. The summed E-state index contributed by atoms with van der Waals surface area (Å²) in [5.41, 5.74) is 8.20. The largest absolute Gasteiger partial charge is 0.366 e. The third-order valence-corrected chi connectivity index (χ3v) is 5.72. The van der Waals surface area contributed by atoms with Crippen LogP contribution in [0.25, 0.3) is 10.9 Å².